The van der Waals surface area contributed by atoms with Gasteiger partial charge in [-0.1, -0.05) is 0 Å². The third-order valence-corrected chi connectivity index (χ3v) is 2.84. The van der Waals surface area contributed by atoms with Gasteiger partial charge in [0.1, 0.15) is 5.69 Å². The van der Waals surface area contributed by atoms with Crippen LogP contribution in [0.4, 0.5) is 11.5 Å². The van der Waals surface area contributed by atoms with E-state index in [-0.39, 0.29) is 22.5 Å². The van der Waals surface area contributed by atoms with E-state index in [1.54, 1.807) is 12.4 Å². The van der Waals surface area contributed by atoms with Crippen LogP contribution in [-0.4, -0.2) is 26.4 Å². The van der Waals surface area contributed by atoms with Crippen molar-refractivity contribution >= 4 is 23.1 Å². The molecule has 0 radical (unpaired) electrons. The van der Waals surface area contributed by atoms with Gasteiger partial charge in [0, 0.05) is 18.9 Å². The van der Waals surface area contributed by atoms with Gasteiger partial charge < -0.3 is 5.32 Å². The lowest BCUT2D eigenvalue weighted by Gasteiger charge is -2.07. The predicted octanol–water partition coefficient (Wildman–Crippen LogP) is 2.40. The molecule has 0 bridgehead atoms. The number of aryl methyl sites for hydroxylation is 1. The highest BCUT2D eigenvalue weighted by Crippen LogP contribution is 2.26. The van der Waals surface area contributed by atoms with E-state index in [9.17, 15) is 10.1 Å². The molecule has 0 saturated carbocycles. The fourth-order valence-corrected chi connectivity index (χ4v) is 1.96. The van der Waals surface area contributed by atoms with E-state index < -0.39 is 4.92 Å². The van der Waals surface area contributed by atoms with Crippen LogP contribution in [0.2, 0.25) is 5.28 Å². The van der Waals surface area contributed by atoms with Crippen LogP contribution >= 0.6 is 11.6 Å². The first-order valence-electron chi connectivity index (χ1n) is 5.89. The third-order valence-electron chi connectivity index (χ3n) is 2.67. The van der Waals surface area contributed by atoms with Gasteiger partial charge in [0.05, 0.1) is 4.92 Å². The summed E-state index contributed by atoms with van der Waals surface area (Å²) in [6.07, 6.45) is 4.09. The fraction of sp³-hybridized carbons (Fsp3) is 0.250. The van der Waals surface area contributed by atoms with Crippen LogP contribution in [0.3, 0.4) is 0 Å². The summed E-state index contributed by atoms with van der Waals surface area (Å²) in [6.45, 7) is 2.03. The summed E-state index contributed by atoms with van der Waals surface area (Å²) in [5.74, 6) is 0.140. The second-order valence-corrected chi connectivity index (χ2v) is 4.40. The van der Waals surface area contributed by atoms with Crippen LogP contribution in [0, 0.1) is 17.0 Å². The van der Waals surface area contributed by atoms with Gasteiger partial charge in [0.25, 0.3) is 0 Å². The summed E-state index contributed by atoms with van der Waals surface area (Å²) in [5, 5.41) is 13.9. The Morgan fingerprint density at radius 3 is 2.70 bits per heavy atom. The minimum absolute atomic E-state index is 0.0143. The van der Waals surface area contributed by atoms with Gasteiger partial charge in [-0.25, -0.2) is 4.98 Å². The van der Waals surface area contributed by atoms with Gasteiger partial charge in [-0.2, -0.15) is 4.98 Å². The van der Waals surface area contributed by atoms with E-state index in [0.717, 1.165) is 5.56 Å². The zero-order valence-corrected chi connectivity index (χ0v) is 11.5. The summed E-state index contributed by atoms with van der Waals surface area (Å²) < 4.78 is 0. The van der Waals surface area contributed by atoms with Gasteiger partial charge in [-0.3, -0.25) is 15.1 Å². The Kier molecular flexibility index (Phi) is 4.41. The topological polar surface area (TPSA) is 93.8 Å². The largest absolute Gasteiger partial charge is 0.364 e. The van der Waals surface area contributed by atoms with Crippen molar-refractivity contribution in [3.05, 3.63) is 51.2 Å². The van der Waals surface area contributed by atoms with Crippen molar-refractivity contribution in [3.63, 3.8) is 0 Å². The average molecular weight is 294 g/mol. The molecule has 2 heterocycles. The molecule has 7 nitrogen and oxygen atoms in total. The highest BCUT2D eigenvalue weighted by Gasteiger charge is 2.21. The molecule has 2 aromatic heterocycles. The van der Waals surface area contributed by atoms with E-state index >= 15 is 0 Å². The van der Waals surface area contributed by atoms with Gasteiger partial charge in [0.15, 0.2) is 0 Å². The molecule has 0 aromatic carbocycles. The summed E-state index contributed by atoms with van der Waals surface area (Å²) >= 11 is 5.73. The molecule has 0 aliphatic carbocycles. The lowest BCUT2D eigenvalue weighted by Crippen LogP contribution is -2.10. The first kappa shape index (κ1) is 14.1. The molecule has 0 saturated heterocycles. The van der Waals surface area contributed by atoms with Crippen molar-refractivity contribution in [1.82, 2.24) is 15.0 Å². The van der Waals surface area contributed by atoms with E-state index in [4.69, 9.17) is 11.6 Å². The Hall–Kier alpha value is -2.28. The van der Waals surface area contributed by atoms with Gasteiger partial charge >= 0.3 is 5.69 Å². The number of anilines is 1. The molecular formula is C12H12ClN5O2. The maximum Gasteiger partial charge on any atom is 0.332 e. The van der Waals surface area contributed by atoms with Crippen molar-refractivity contribution in [1.29, 1.82) is 0 Å². The Labute approximate surface area is 120 Å². The standard InChI is InChI=1S/C12H12ClN5O2/c1-8-10(18(19)20)11(17-12(13)16-8)15-7-4-9-2-5-14-6-3-9/h2-3,5-6H,4,7H2,1H3,(H,15,16,17). The van der Waals surface area contributed by atoms with Crippen LogP contribution in [0.1, 0.15) is 11.3 Å². The maximum absolute atomic E-state index is 11.0. The maximum atomic E-state index is 11.0. The Balaban J connectivity index is 2.11. The summed E-state index contributed by atoms with van der Waals surface area (Å²) in [7, 11) is 0. The van der Waals surface area contributed by atoms with E-state index in [1.165, 1.54) is 6.92 Å². The first-order valence-corrected chi connectivity index (χ1v) is 6.27. The number of aromatic nitrogens is 3. The predicted molar refractivity (Wildman–Crippen MR) is 74.9 cm³/mol. The Morgan fingerprint density at radius 2 is 2.05 bits per heavy atom. The van der Waals surface area contributed by atoms with Crippen molar-refractivity contribution in [2.45, 2.75) is 13.3 Å². The number of nitrogens with zero attached hydrogens (tertiary/aromatic N) is 4. The van der Waals surface area contributed by atoms with Crippen molar-refractivity contribution < 1.29 is 4.92 Å². The number of rotatable bonds is 5. The van der Waals surface area contributed by atoms with E-state index in [2.05, 4.69) is 20.3 Å². The van der Waals surface area contributed by atoms with Crippen LogP contribution in [0.25, 0.3) is 0 Å². The lowest BCUT2D eigenvalue weighted by atomic mass is 10.2. The zero-order chi connectivity index (χ0) is 14.5. The molecule has 0 aliphatic heterocycles. The van der Waals surface area contributed by atoms with Crippen LogP contribution < -0.4 is 5.32 Å². The van der Waals surface area contributed by atoms with Gasteiger partial charge in [-0.05, 0) is 42.6 Å². The fourth-order valence-electron chi connectivity index (χ4n) is 1.75. The minimum atomic E-state index is -0.513. The van der Waals surface area contributed by atoms with Crippen molar-refractivity contribution in [2.24, 2.45) is 0 Å². The molecule has 1 N–H and O–H groups in total. The zero-order valence-electron chi connectivity index (χ0n) is 10.7. The molecule has 2 rings (SSSR count). The average Bonchev–Trinajstić information content (AvgIpc) is 2.38. The van der Waals surface area contributed by atoms with Crippen LogP contribution in [-0.2, 0) is 6.42 Å². The number of hydrogen-bond donors (Lipinski definition) is 1. The molecular weight excluding hydrogens is 282 g/mol. The quantitative estimate of drug-likeness (QED) is 0.517. The van der Waals surface area contributed by atoms with E-state index in [0.29, 0.717) is 13.0 Å². The Morgan fingerprint density at radius 1 is 1.35 bits per heavy atom. The molecule has 0 unspecified atom stereocenters. The van der Waals surface area contributed by atoms with Crippen molar-refractivity contribution in [3.8, 4) is 0 Å². The normalized spacial score (nSPS) is 10.3. The number of nitro groups is 1. The SMILES string of the molecule is Cc1nc(Cl)nc(NCCc2ccncc2)c1[N+](=O)[O-]. The summed E-state index contributed by atoms with van der Waals surface area (Å²) in [4.78, 5) is 22.1. The highest BCUT2D eigenvalue weighted by atomic mass is 35.5. The number of pyridine rings is 1. The molecule has 8 heteroatoms. The smallest absolute Gasteiger partial charge is 0.332 e. The second-order valence-electron chi connectivity index (χ2n) is 4.06. The lowest BCUT2D eigenvalue weighted by molar-refractivity contribution is -0.385. The van der Waals surface area contributed by atoms with Crippen molar-refractivity contribution in [2.75, 3.05) is 11.9 Å². The van der Waals surface area contributed by atoms with Crippen LogP contribution in [0.15, 0.2) is 24.5 Å². The molecule has 104 valence electrons. The summed E-state index contributed by atoms with van der Waals surface area (Å²) in [5.41, 5.74) is 1.16. The van der Waals surface area contributed by atoms with Gasteiger partial charge in [-0.15, -0.1) is 0 Å². The molecule has 2 aromatic rings. The monoisotopic (exact) mass is 293 g/mol. The summed E-state index contributed by atoms with van der Waals surface area (Å²) in [6, 6.07) is 3.77. The third kappa shape index (κ3) is 3.39. The molecule has 0 spiro atoms. The number of halogens is 1. The Bertz CT molecular complexity index is 621. The molecule has 20 heavy (non-hydrogen) atoms. The minimum Gasteiger partial charge on any atom is -0.364 e. The second kappa shape index (κ2) is 6.25. The number of hydrogen-bond acceptors (Lipinski definition) is 6. The highest BCUT2D eigenvalue weighted by molar-refractivity contribution is 6.28. The number of nitrogens with one attached hydrogen (secondary N) is 1. The molecule has 0 atom stereocenters. The van der Waals surface area contributed by atoms with E-state index in [1.807, 2.05) is 12.1 Å². The molecule has 0 aliphatic rings. The molecule has 0 amide bonds. The van der Waals surface area contributed by atoms with Crippen LogP contribution in [0.5, 0.6) is 0 Å². The van der Waals surface area contributed by atoms with Gasteiger partial charge in [0.2, 0.25) is 11.1 Å². The molecule has 0 fully saturated rings. The first-order chi connectivity index (χ1) is 9.58.